The van der Waals surface area contributed by atoms with Gasteiger partial charge in [0.15, 0.2) is 0 Å². The predicted molar refractivity (Wildman–Crippen MR) is 96.9 cm³/mol. The van der Waals surface area contributed by atoms with Crippen LogP contribution in [0.2, 0.25) is 5.02 Å². The average Bonchev–Trinajstić information content (AvgIpc) is 2.61. The maximum absolute atomic E-state index is 11.7. The Morgan fingerprint density at radius 1 is 1.38 bits per heavy atom. The third kappa shape index (κ3) is 3.66. The fraction of sp³-hybridized carbons (Fsp3) is 0.647. The van der Waals surface area contributed by atoms with Gasteiger partial charge in [-0.1, -0.05) is 11.6 Å². The Bertz CT molecular complexity index is 590. The summed E-state index contributed by atoms with van der Waals surface area (Å²) in [6.45, 7) is 7.37. The van der Waals surface area contributed by atoms with Gasteiger partial charge < -0.3 is 15.5 Å². The Hall–Kier alpha value is -1.37. The molecule has 0 unspecified atom stereocenters. The second kappa shape index (κ2) is 7.68. The van der Waals surface area contributed by atoms with Gasteiger partial charge in [-0.15, -0.1) is 0 Å². The lowest BCUT2D eigenvalue weighted by atomic mass is 10.0. The van der Waals surface area contributed by atoms with Crippen LogP contribution in [0.25, 0.3) is 0 Å². The zero-order valence-corrected chi connectivity index (χ0v) is 15.1. The lowest BCUT2D eigenvalue weighted by Gasteiger charge is -2.45. The molecule has 2 fully saturated rings. The van der Waals surface area contributed by atoms with Gasteiger partial charge in [-0.2, -0.15) is 0 Å². The van der Waals surface area contributed by atoms with Crippen molar-refractivity contribution in [2.45, 2.75) is 31.8 Å². The molecule has 0 aromatic carbocycles. The van der Waals surface area contributed by atoms with Crippen LogP contribution in [-0.4, -0.2) is 67.6 Å². The number of nitrogens with zero attached hydrogens (tertiary/aromatic N) is 3. The Labute approximate surface area is 148 Å². The minimum atomic E-state index is -0.167. The second-order valence-corrected chi connectivity index (χ2v) is 7.03. The van der Waals surface area contributed by atoms with Crippen LogP contribution in [0.3, 0.4) is 0 Å². The van der Waals surface area contributed by atoms with Crippen molar-refractivity contribution in [3.8, 4) is 0 Å². The molecule has 2 aliphatic rings. The molecule has 0 aliphatic carbocycles. The number of hydrogen-bond donors (Lipinski definition) is 2. The smallest absolute Gasteiger partial charge is 0.252 e. The lowest BCUT2D eigenvalue weighted by molar-refractivity contribution is 0.0962. The van der Waals surface area contributed by atoms with E-state index in [2.05, 4.69) is 32.3 Å². The van der Waals surface area contributed by atoms with Crippen LogP contribution in [0.15, 0.2) is 12.3 Å². The lowest BCUT2D eigenvalue weighted by Crippen LogP contribution is -2.57. The fourth-order valence-corrected chi connectivity index (χ4v) is 4.06. The average molecular weight is 352 g/mol. The molecule has 24 heavy (non-hydrogen) atoms. The molecule has 2 saturated heterocycles. The van der Waals surface area contributed by atoms with Crippen LogP contribution in [0, 0.1) is 0 Å². The number of anilines is 1. The molecule has 6 nitrogen and oxygen atoms in total. The number of carbonyl (C=O) groups is 1. The molecule has 0 saturated carbocycles. The van der Waals surface area contributed by atoms with Crippen molar-refractivity contribution >= 4 is 23.3 Å². The first-order chi connectivity index (χ1) is 11.6. The highest BCUT2D eigenvalue weighted by molar-refractivity contribution is 6.33. The summed E-state index contributed by atoms with van der Waals surface area (Å²) in [7, 11) is 1.60. The normalized spacial score (nSPS) is 23.3. The van der Waals surface area contributed by atoms with Crippen molar-refractivity contribution in [3.05, 3.63) is 22.8 Å². The SMILES string of the molecule is CNC(=O)c1cnc(N2CCN(C3CCNCC3)[C@@H](C)C2)c(Cl)c1. The molecule has 2 N–H and O–H groups in total. The molecule has 0 radical (unpaired) electrons. The largest absolute Gasteiger partial charge is 0.355 e. The molecule has 3 rings (SSSR count). The molecule has 2 aliphatic heterocycles. The predicted octanol–water partition coefficient (Wildman–Crippen LogP) is 1.36. The first-order valence-corrected chi connectivity index (χ1v) is 9.07. The van der Waals surface area contributed by atoms with Crippen molar-refractivity contribution in [1.82, 2.24) is 20.5 Å². The van der Waals surface area contributed by atoms with Crippen LogP contribution in [0.1, 0.15) is 30.1 Å². The Kier molecular flexibility index (Phi) is 5.58. The summed E-state index contributed by atoms with van der Waals surface area (Å²) in [5.74, 6) is 0.612. The highest BCUT2D eigenvalue weighted by Gasteiger charge is 2.31. The highest BCUT2D eigenvalue weighted by Crippen LogP contribution is 2.28. The van der Waals surface area contributed by atoms with E-state index in [9.17, 15) is 4.79 Å². The molecule has 1 amide bonds. The van der Waals surface area contributed by atoms with Gasteiger partial charge in [-0.3, -0.25) is 9.69 Å². The van der Waals surface area contributed by atoms with Crippen molar-refractivity contribution in [2.75, 3.05) is 44.7 Å². The van der Waals surface area contributed by atoms with Gasteiger partial charge >= 0.3 is 0 Å². The van der Waals surface area contributed by atoms with E-state index >= 15 is 0 Å². The van der Waals surface area contributed by atoms with E-state index < -0.39 is 0 Å². The van der Waals surface area contributed by atoms with E-state index in [4.69, 9.17) is 11.6 Å². The Morgan fingerprint density at radius 3 is 2.75 bits per heavy atom. The number of piperidine rings is 1. The monoisotopic (exact) mass is 351 g/mol. The number of piperazine rings is 1. The standard InChI is InChI=1S/C17H26ClN5O/c1-12-11-22(7-8-23(12)14-3-5-20-6-4-14)16-15(18)9-13(10-21-16)17(24)19-2/h9-10,12,14,20H,3-8,11H2,1-2H3,(H,19,24)/t12-/m0/s1. The van der Waals surface area contributed by atoms with E-state index in [1.54, 1.807) is 19.3 Å². The topological polar surface area (TPSA) is 60.5 Å². The quantitative estimate of drug-likeness (QED) is 0.861. The van der Waals surface area contributed by atoms with Crippen molar-refractivity contribution < 1.29 is 4.79 Å². The van der Waals surface area contributed by atoms with Crippen LogP contribution >= 0.6 is 11.6 Å². The summed E-state index contributed by atoms with van der Waals surface area (Å²) in [4.78, 5) is 21.0. The maximum atomic E-state index is 11.7. The number of pyridine rings is 1. The minimum Gasteiger partial charge on any atom is -0.355 e. The van der Waals surface area contributed by atoms with Gasteiger partial charge in [0.25, 0.3) is 5.91 Å². The Morgan fingerprint density at radius 2 is 2.12 bits per heavy atom. The number of nitrogens with one attached hydrogen (secondary N) is 2. The third-order valence-corrected chi connectivity index (χ3v) is 5.35. The van der Waals surface area contributed by atoms with Gasteiger partial charge in [-0.05, 0) is 38.9 Å². The first-order valence-electron chi connectivity index (χ1n) is 8.69. The summed E-state index contributed by atoms with van der Waals surface area (Å²) < 4.78 is 0. The number of carbonyl (C=O) groups excluding carboxylic acids is 1. The van der Waals surface area contributed by atoms with Gasteiger partial charge in [0.2, 0.25) is 0 Å². The number of hydrogen-bond acceptors (Lipinski definition) is 5. The zero-order valence-electron chi connectivity index (χ0n) is 14.4. The summed E-state index contributed by atoms with van der Waals surface area (Å²) in [6, 6.07) is 2.85. The van der Waals surface area contributed by atoms with E-state index in [0.717, 1.165) is 38.5 Å². The first kappa shape index (κ1) is 17.5. The van der Waals surface area contributed by atoms with Crippen LogP contribution in [-0.2, 0) is 0 Å². The van der Waals surface area contributed by atoms with Gasteiger partial charge in [0, 0.05) is 45.0 Å². The minimum absolute atomic E-state index is 0.167. The van der Waals surface area contributed by atoms with E-state index in [0.29, 0.717) is 22.7 Å². The Balaban J connectivity index is 1.68. The molecule has 0 bridgehead atoms. The second-order valence-electron chi connectivity index (χ2n) is 6.62. The van der Waals surface area contributed by atoms with Gasteiger partial charge in [0.05, 0.1) is 10.6 Å². The summed E-state index contributed by atoms with van der Waals surface area (Å²) in [6.07, 6.45) is 4.05. The van der Waals surface area contributed by atoms with E-state index in [1.807, 2.05) is 0 Å². The van der Waals surface area contributed by atoms with Crippen LogP contribution in [0.4, 0.5) is 5.82 Å². The molecule has 3 heterocycles. The molecule has 1 atom stereocenters. The number of amides is 1. The van der Waals surface area contributed by atoms with E-state index in [-0.39, 0.29) is 5.91 Å². The number of aromatic nitrogens is 1. The highest BCUT2D eigenvalue weighted by atomic mass is 35.5. The summed E-state index contributed by atoms with van der Waals surface area (Å²) in [5.41, 5.74) is 0.493. The van der Waals surface area contributed by atoms with Crippen molar-refractivity contribution in [3.63, 3.8) is 0 Å². The van der Waals surface area contributed by atoms with Crippen molar-refractivity contribution in [1.29, 1.82) is 0 Å². The molecule has 1 aromatic heterocycles. The van der Waals surface area contributed by atoms with Crippen LogP contribution in [0.5, 0.6) is 0 Å². The van der Waals surface area contributed by atoms with Gasteiger partial charge in [0.1, 0.15) is 5.82 Å². The van der Waals surface area contributed by atoms with E-state index in [1.165, 1.54) is 12.8 Å². The molecule has 0 spiro atoms. The molecular weight excluding hydrogens is 326 g/mol. The fourth-order valence-electron chi connectivity index (χ4n) is 3.78. The van der Waals surface area contributed by atoms with Crippen LogP contribution < -0.4 is 15.5 Å². The molecule has 132 valence electrons. The van der Waals surface area contributed by atoms with Gasteiger partial charge in [-0.25, -0.2) is 4.98 Å². The third-order valence-electron chi connectivity index (χ3n) is 5.07. The maximum Gasteiger partial charge on any atom is 0.252 e. The summed E-state index contributed by atoms with van der Waals surface area (Å²) >= 11 is 6.39. The zero-order chi connectivity index (χ0) is 17.1. The summed E-state index contributed by atoms with van der Waals surface area (Å²) in [5, 5.41) is 6.57. The molecule has 1 aromatic rings. The van der Waals surface area contributed by atoms with Crippen molar-refractivity contribution in [2.24, 2.45) is 0 Å². The number of rotatable bonds is 3. The molecular formula is C17H26ClN5O. The number of halogens is 1. The molecule has 7 heteroatoms.